The fourth-order valence-electron chi connectivity index (χ4n) is 2.10. The number of hydrogen-bond donors (Lipinski definition) is 1. The Kier molecular flexibility index (Phi) is 5.42. The largest absolute Gasteiger partial charge is 0.399 e. The lowest BCUT2D eigenvalue weighted by Crippen LogP contribution is -2.31. The van der Waals surface area contributed by atoms with Gasteiger partial charge in [0.15, 0.2) is 0 Å². The molecule has 0 spiro atoms. The van der Waals surface area contributed by atoms with E-state index < -0.39 is 0 Å². The van der Waals surface area contributed by atoms with Crippen LogP contribution in [0.4, 0.5) is 11.4 Å². The lowest BCUT2D eigenvalue weighted by atomic mass is 10.1. The van der Waals surface area contributed by atoms with Gasteiger partial charge in [0.05, 0.1) is 0 Å². The van der Waals surface area contributed by atoms with Crippen LogP contribution in [-0.4, -0.2) is 12.5 Å². The van der Waals surface area contributed by atoms with Gasteiger partial charge in [-0.05, 0) is 42.8 Å². The van der Waals surface area contributed by atoms with Crippen molar-refractivity contribution in [2.45, 2.75) is 13.3 Å². The van der Waals surface area contributed by atoms with Gasteiger partial charge in [-0.15, -0.1) is 0 Å². The zero-order valence-corrected chi connectivity index (χ0v) is 14.8. The number of amides is 1. The molecule has 0 aliphatic rings. The highest BCUT2D eigenvalue weighted by Gasteiger charge is 2.18. The number of carbonyl (C=O) groups is 1. The summed E-state index contributed by atoms with van der Waals surface area (Å²) in [6.45, 7) is 2.69. The molecule has 2 aromatic rings. The fraction of sp³-hybridized carbons (Fsp3) is 0.188. The van der Waals surface area contributed by atoms with Crippen LogP contribution in [0.1, 0.15) is 23.7 Å². The first-order valence-corrected chi connectivity index (χ1v) is 8.23. The van der Waals surface area contributed by atoms with E-state index in [4.69, 9.17) is 5.73 Å². The summed E-state index contributed by atoms with van der Waals surface area (Å²) in [5.74, 6) is -0.0375. The number of anilines is 2. The Bertz CT molecular complexity index is 638. The minimum atomic E-state index is -0.0375. The molecule has 2 aromatic carbocycles. The molecule has 0 bridgehead atoms. The number of hydrogen-bond acceptors (Lipinski definition) is 2. The van der Waals surface area contributed by atoms with Crippen molar-refractivity contribution in [2.75, 3.05) is 17.2 Å². The second kappa shape index (κ2) is 7.09. The van der Waals surface area contributed by atoms with E-state index in [0.29, 0.717) is 17.8 Å². The second-order valence-corrected chi connectivity index (χ2v) is 6.54. The van der Waals surface area contributed by atoms with Crippen molar-refractivity contribution in [1.29, 1.82) is 0 Å². The Morgan fingerprint density at radius 2 is 1.81 bits per heavy atom. The highest BCUT2D eigenvalue weighted by molar-refractivity contribution is 9.11. The van der Waals surface area contributed by atoms with E-state index in [1.54, 1.807) is 4.90 Å². The minimum absolute atomic E-state index is 0.0375. The highest BCUT2D eigenvalue weighted by Crippen LogP contribution is 2.24. The second-order valence-electron chi connectivity index (χ2n) is 4.71. The van der Waals surface area contributed by atoms with Crippen molar-refractivity contribution in [1.82, 2.24) is 0 Å². The SMILES string of the molecule is CCCN(C(=O)c1cc(Br)cc(Br)c1)c1cccc(N)c1. The van der Waals surface area contributed by atoms with Gasteiger partial charge < -0.3 is 10.6 Å². The first-order valence-electron chi connectivity index (χ1n) is 6.64. The van der Waals surface area contributed by atoms with Gasteiger partial charge >= 0.3 is 0 Å². The Morgan fingerprint density at radius 3 is 2.38 bits per heavy atom. The van der Waals surface area contributed by atoms with E-state index in [-0.39, 0.29) is 5.91 Å². The fourth-order valence-corrected chi connectivity index (χ4v) is 3.39. The highest BCUT2D eigenvalue weighted by atomic mass is 79.9. The first-order chi connectivity index (χ1) is 10.0. The van der Waals surface area contributed by atoms with Crippen molar-refractivity contribution >= 4 is 49.1 Å². The van der Waals surface area contributed by atoms with Crippen LogP contribution in [0.15, 0.2) is 51.4 Å². The third-order valence-corrected chi connectivity index (χ3v) is 3.90. The van der Waals surface area contributed by atoms with Gasteiger partial charge in [-0.1, -0.05) is 44.8 Å². The Morgan fingerprint density at radius 1 is 1.14 bits per heavy atom. The van der Waals surface area contributed by atoms with Crippen molar-refractivity contribution in [3.8, 4) is 0 Å². The molecule has 0 unspecified atom stereocenters. The Balaban J connectivity index is 2.39. The molecule has 0 saturated carbocycles. The molecule has 1 amide bonds. The maximum absolute atomic E-state index is 12.8. The number of halogens is 2. The first kappa shape index (κ1) is 16.0. The molecule has 0 heterocycles. The molecule has 3 nitrogen and oxygen atoms in total. The van der Waals surface area contributed by atoms with Gasteiger partial charge in [-0.2, -0.15) is 0 Å². The summed E-state index contributed by atoms with van der Waals surface area (Å²) in [6, 6.07) is 12.9. The minimum Gasteiger partial charge on any atom is -0.399 e. The maximum atomic E-state index is 12.8. The average Bonchev–Trinajstić information content (AvgIpc) is 2.43. The van der Waals surface area contributed by atoms with Crippen LogP contribution in [0.5, 0.6) is 0 Å². The van der Waals surface area contributed by atoms with Crippen LogP contribution in [0.25, 0.3) is 0 Å². The van der Waals surface area contributed by atoms with Crippen molar-refractivity contribution in [2.24, 2.45) is 0 Å². The van der Waals surface area contributed by atoms with Crippen LogP contribution in [0.3, 0.4) is 0 Å². The molecule has 0 aromatic heterocycles. The number of rotatable bonds is 4. The van der Waals surface area contributed by atoms with Crippen molar-refractivity contribution in [3.63, 3.8) is 0 Å². The van der Waals surface area contributed by atoms with Gasteiger partial charge in [0.1, 0.15) is 0 Å². The topological polar surface area (TPSA) is 46.3 Å². The lowest BCUT2D eigenvalue weighted by Gasteiger charge is -2.23. The zero-order valence-electron chi connectivity index (χ0n) is 11.6. The van der Waals surface area contributed by atoms with Gasteiger partial charge in [0.25, 0.3) is 5.91 Å². The predicted octanol–water partition coefficient (Wildman–Crippen LogP) is 4.85. The molecular formula is C16H16Br2N2O. The van der Waals surface area contributed by atoms with Gasteiger partial charge in [0, 0.05) is 32.4 Å². The molecule has 0 fully saturated rings. The Hall–Kier alpha value is -1.33. The third-order valence-electron chi connectivity index (χ3n) is 2.98. The van der Waals surface area contributed by atoms with Gasteiger partial charge in [0.2, 0.25) is 0 Å². The molecule has 0 radical (unpaired) electrons. The molecule has 0 saturated heterocycles. The standard InChI is InChI=1S/C16H16Br2N2O/c1-2-6-20(15-5-3-4-14(19)10-15)16(21)11-7-12(17)9-13(18)8-11/h3-5,7-10H,2,6,19H2,1H3. The van der Waals surface area contributed by atoms with Crippen LogP contribution in [-0.2, 0) is 0 Å². The summed E-state index contributed by atoms with van der Waals surface area (Å²) >= 11 is 6.83. The van der Waals surface area contributed by atoms with Crippen LogP contribution in [0, 0.1) is 0 Å². The number of nitrogen functional groups attached to an aromatic ring is 1. The number of nitrogens with two attached hydrogens (primary N) is 1. The predicted molar refractivity (Wildman–Crippen MR) is 94.7 cm³/mol. The van der Waals surface area contributed by atoms with E-state index in [1.165, 1.54) is 0 Å². The summed E-state index contributed by atoms with van der Waals surface area (Å²) in [5.41, 5.74) is 7.93. The molecule has 2 N–H and O–H groups in total. The normalized spacial score (nSPS) is 10.4. The van der Waals surface area contributed by atoms with E-state index in [9.17, 15) is 4.79 Å². The van der Waals surface area contributed by atoms with Crippen molar-refractivity contribution in [3.05, 3.63) is 57.0 Å². The van der Waals surface area contributed by atoms with E-state index >= 15 is 0 Å². The molecule has 110 valence electrons. The smallest absolute Gasteiger partial charge is 0.258 e. The molecule has 0 atom stereocenters. The average molecular weight is 412 g/mol. The molecule has 0 aliphatic carbocycles. The van der Waals surface area contributed by atoms with E-state index in [0.717, 1.165) is 21.1 Å². The van der Waals surface area contributed by atoms with Gasteiger partial charge in [-0.25, -0.2) is 0 Å². The maximum Gasteiger partial charge on any atom is 0.258 e. The number of benzene rings is 2. The number of nitrogens with zero attached hydrogens (tertiary/aromatic N) is 1. The summed E-state index contributed by atoms with van der Waals surface area (Å²) in [7, 11) is 0. The van der Waals surface area contributed by atoms with Crippen LogP contribution < -0.4 is 10.6 Å². The molecule has 0 aliphatic heterocycles. The summed E-state index contributed by atoms with van der Waals surface area (Å²) in [5, 5.41) is 0. The quantitative estimate of drug-likeness (QED) is 0.730. The molecular weight excluding hydrogens is 396 g/mol. The monoisotopic (exact) mass is 410 g/mol. The number of carbonyl (C=O) groups excluding carboxylic acids is 1. The van der Waals surface area contributed by atoms with E-state index in [1.807, 2.05) is 49.4 Å². The summed E-state index contributed by atoms with van der Waals surface area (Å²) in [6.07, 6.45) is 0.871. The third kappa shape index (κ3) is 4.08. The molecule has 2 rings (SSSR count). The molecule has 5 heteroatoms. The summed E-state index contributed by atoms with van der Waals surface area (Å²) in [4.78, 5) is 14.5. The zero-order chi connectivity index (χ0) is 15.4. The van der Waals surface area contributed by atoms with E-state index in [2.05, 4.69) is 31.9 Å². The lowest BCUT2D eigenvalue weighted by molar-refractivity contribution is 0.0987. The van der Waals surface area contributed by atoms with Crippen molar-refractivity contribution < 1.29 is 4.79 Å². The molecule has 21 heavy (non-hydrogen) atoms. The Labute approximate surface area is 141 Å². The summed E-state index contributed by atoms with van der Waals surface area (Å²) < 4.78 is 1.73. The van der Waals surface area contributed by atoms with Crippen LogP contribution >= 0.6 is 31.9 Å². The van der Waals surface area contributed by atoms with Crippen LogP contribution in [0.2, 0.25) is 0 Å². The van der Waals surface area contributed by atoms with Gasteiger partial charge in [-0.3, -0.25) is 4.79 Å².